The number of hydrogen-bond donors (Lipinski definition) is 1. The van der Waals surface area contributed by atoms with Crippen LogP contribution in [0.25, 0.3) is 0 Å². The maximum Gasteiger partial charge on any atom is 0.338 e. The fourth-order valence-corrected chi connectivity index (χ4v) is 1.74. The van der Waals surface area contributed by atoms with Gasteiger partial charge in [0.25, 0.3) is 0 Å². The average molecular weight is 256 g/mol. The Kier molecular flexibility index (Phi) is 3.66. The van der Waals surface area contributed by atoms with E-state index in [0.29, 0.717) is 19.6 Å². The predicted octanol–water partition coefficient (Wildman–Crippen LogP) is 1.70. The maximum atomic E-state index is 13.4. The summed E-state index contributed by atoms with van der Waals surface area (Å²) in [5.41, 5.74) is -0.440. The normalized spacial score (nSPS) is 18.7. The van der Waals surface area contributed by atoms with Gasteiger partial charge in [-0.25, -0.2) is 9.18 Å². The Labute approximate surface area is 103 Å². The molecule has 0 bridgehead atoms. The molecule has 98 valence electrons. The van der Waals surface area contributed by atoms with E-state index in [-0.39, 0.29) is 17.6 Å². The SMILES string of the molecule is COc1cc(F)c(C(=O)O)cc1OC1CCOC1. The summed E-state index contributed by atoms with van der Waals surface area (Å²) < 4.78 is 29.1. The summed E-state index contributed by atoms with van der Waals surface area (Å²) in [5, 5.41) is 8.85. The Bertz CT molecular complexity index is 454. The first-order valence-electron chi connectivity index (χ1n) is 5.47. The van der Waals surface area contributed by atoms with Crippen molar-refractivity contribution in [1.29, 1.82) is 0 Å². The highest BCUT2D eigenvalue weighted by molar-refractivity contribution is 5.88. The van der Waals surface area contributed by atoms with Gasteiger partial charge in [0.05, 0.1) is 25.9 Å². The van der Waals surface area contributed by atoms with E-state index in [1.807, 2.05) is 0 Å². The summed E-state index contributed by atoms with van der Waals surface area (Å²) >= 11 is 0. The molecule has 1 heterocycles. The van der Waals surface area contributed by atoms with E-state index in [2.05, 4.69) is 0 Å². The van der Waals surface area contributed by atoms with Crippen LogP contribution in [0.4, 0.5) is 4.39 Å². The fraction of sp³-hybridized carbons (Fsp3) is 0.417. The molecule has 1 unspecified atom stereocenters. The van der Waals surface area contributed by atoms with Gasteiger partial charge in [0.15, 0.2) is 11.5 Å². The van der Waals surface area contributed by atoms with Gasteiger partial charge >= 0.3 is 5.97 Å². The van der Waals surface area contributed by atoms with Crippen molar-refractivity contribution in [3.05, 3.63) is 23.5 Å². The minimum absolute atomic E-state index is 0.161. The Morgan fingerprint density at radius 2 is 2.28 bits per heavy atom. The third-order valence-electron chi connectivity index (χ3n) is 2.67. The van der Waals surface area contributed by atoms with Gasteiger partial charge in [0, 0.05) is 18.6 Å². The van der Waals surface area contributed by atoms with Crippen LogP contribution in [0.15, 0.2) is 12.1 Å². The summed E-state index contributed by atoms with van der Waals surface area (Å²) in [7, 11) is 1.37. The van der Waals surface area contributed by atoms with Gasteiger partial charge in [-0.05, 0) is 0 Å². The summed E-state index contributed by atoms with van der Waals surface area (Å²) in [6, 6.07) is 2.14. The van der Waals surface area contributed by atoms with Gasteiger partial charge < -0.3 is 19.3 Å². The number of aromatic carboxylic acids is 1. The molecule has 1 aliphatic rings. The zero-order valence-electron chi connectivity index (χ0n) is 9.81. The zero-order chi connectivity index (χ0) is 13.1. The van der Waals surface area contributed by atoms with Crippen molar-refractivity contribution in [3.63, 3.8) is 0 Å². The molecule has 0 aliphatic carbocycles. The Morgan fingerprint density at radius 3 is 2.83 bits per heavy atom. The number of rotatable bonds is 4. The Hall–Kier alpha value is -1.82. The summed E-state index contributed by atoms with van der Waals surface area (Å²) in [6.07, 6.45) is 0.550. The molecule has 0 saturated carbocycles. The van der Waals surface area contributed by atoms with E-state index in [0.717, 1.165) is 12.1 Å². The number of carbonyl (C=O) groups is 1. The second kappa shape index (κ2) is 5.22. The van der Waals surface area contributed by atoms with Crippen LogP contribution in [0.2, 0.25) is 0 Å². The molecule has 0 aromatic heterocycles. The van der Waals surface area contributed by atoms with Gasteiger partial charge in [-0.2, -0.15) is 0 Å². The van der Waals surface area contributed by atoms with Crippen LogP contribution in [-0.4, -0.2) is 37.5 Å². The maximum absolute atomic E-state index is 13.4. The smallest absolute Gasteiger partial charge is 0.338 e. The Morgan fingerprint density at radius 1 is 1.50 bits per heavy atom. The molecular formula is C12H13FO5. The molecule has 1 atom stereocenters. The molecular weight excluding hydrogens is 243 g/mol. The molecule has 1 aromatic rings. The summed E-state index contributed by atoms with van der Waals surface area (Å²) in [6.45, 7) is 1.03. The summed E-state index contributed by atoms with van der Waals surface area (Å²) in [4.78, 5) is 10.8. The largest absolute Gasteiger partial charge is 0.493 e. The van der Waals surface area contributed by atoms with Gasteiger partial charge in [0.1, 0.15) is 11.9 Å². The van der Waals surface area contributed by atoms with Crippen molar-refractivity contribution in [1.82, 2.24) is 0 Å². The van der Waals surface area contributed by atoms with Crippen LogP contribution in [0.3, 0.4) is 0 Å². The van der Waals surface area contributed by atoms with Crippen LogP contribution < -0.4 is 9.47 Å². The number of benzene rings is 1. The molecule has 1 fully saturated rings. The second-order valence-corrected chi connectivity index (χ2v) is 3.89. The van der Waals surface area contributed by atoms with Gasteiger partial charge in [0.2, 0.25) is 0 Å². The number of carboxylic acid groups (broad SMARTS) is 1. The number of methoxy groups -OCH3 is 1. The van der Waals surface area contributed by atoms with E-state index in [1.54, 1.807) is 0 Å². The molecule has 1 N–H and O–H groups in total. The van der Waals surface area contributed by atoms with E-state index in [1.165, 1.54) is 7.11 Å². The van der Waals surface area contributed by atoms with E-state index in [4.69, 9.17) is 19.3 Å². The molecule has 1 saturated heterocycles. The molecule has 1 aliphatic heterocycles. The molecule has 2 rings (SSSR count). The number of ether oxygens (including phenoxy) is 3. The monoisotopic (exact) mass is 256 g/mol. The van der Waals surface area contributed by atoms with E-state index >= 15 is 0 Å². The van der Waals surface area contributed by atoms with Crippen molar-refractivity contribution < 1.29 is 28.5 Å². The first-order chi connectivity index (χ1) is 8.61. The van der Waals surface area contributed by atoms with Crippen LogP contribution in [0, 0.1) is 5.82 Å². The molecule has 5 nitrogen and oxygen atoms in total. The van der Waals surface area contributed by atoms with Crippen molar-refractivity contribution >= 4 is 5.97 Å². The first-order valence-corrected chi connectivity index (χ1v) is 5.47. The quantitative estimate of drug-likeness (QED) is 0.888. The molecule has 18 heavy (non-hydrogen) atoms. The molecule has 0 amide bonds. The first kappa shape index (κ1) is 12.6. The second-order valence-electron chi connectivity index (χ2n) is 3.89. The third-order valence-corrected chi connectivity index (χ3v) is 2.67. The Balaban J connectivity index is 2.30. The highest BCUT2D eigenvalue weighted by Crippen LogP contribution is 2.32. The minimum Gasteiger partial charge on any atom is -0.493 e. The van der Waals surface area contributed by atoms with Gasteiger partial charge in [-0.1, -0.05) is 0 Å². The van der Waals surface area contributed by atoms with Gasteiger partial charge in [-0.15, -0.1) is 0 Å². The lowest BCUT2D eigenvalue weighted by Gasteiger charge is -2.15. The topological polar surface area (TPSA) is 65.0 Å². The standard InChI is InChI=1S/C12H13FO5/c1-16-10-5-9(13)8(12(14)15)4-11(10)18-7-2-3-17-6-7/h4-5,7H,2-3,6H2,1H3,(H,14,15). The predicted molar refractivity (Wildman–Crippen MR) is 59.8 cm³/mol. The van der Waals surface area contributed by atoms with E-state index < -0.39 is 17.3 Å². The van der Waals surface area contributed by atoms with Crippen LogP contribution in [0.1, 0.15) is 16.8 Å². The highest BCUT2D eigenvalue weighted by atomic mass is 19.1. The molecule has 0 radical (unpaired) electrons. The van der Waals surface area contributed by atoms with Crippen molar-refractivity contribution in [2.24, 2.45) is 0 Å². The lowest BCUT2D eigenvalue weighted by atomic mass is 10.2. The van der Waals surface area contributed by atoms with Gasteiger partial charge in [-0.3, -0.25) is 0 Å². The molecule has 0 spiro atoms. The molecule has 1 aromatic carbocycles. The molecule has 6 heteroatoms. The summed E-state index contributed by atoms with van der Waals surface area (Å²) in [5.74, 6) is -1.81. The fourth-order valence-electron chi connectivity index (χ4n) is 1.74. The highest BCUT2D eigenvalue weighted by Gasteiger charge is 2.22. The number of halogens is 1. The van der Waals surface area contributed by atoms with Crippen LogP contribution in [0.5, 0.6) is 11.5 Å². The lowest BCUT2D eigenvalue weighted by Crippen LogP contribution is -2.16. The van der Waals surface area contributed by atoms with Crippen molar-refractivity contribution in [2.45, 2.75) is 12.5 Å². The minimum atomic E-state index is -1.34. The van der Waals surface area contributed by atoms with Crippen molar-refractivity contribution in [2.75, 3.05) is 20.3 Å². The van der Waals surface area contributed by atoms with Crippen LogP contribution in [-0.2, 0) is 4.74 Å². The number of carboxylic acids is 1. The lowest BCUT2D eigenvalue weighted by molar-refractivity contribution is 0.0690. The average Bonchev–Trinajstić information content (AvgIpc) is 2.83. The van der Waals surface area contributed by atoms with Crippen LogP contribution >= 0.6 is 0 Å². The zero-order valence-corrected chi connectivity index (χ0v) is 9.81. The van der Waals surface area contributed by atoms with E-state index in [9.17, 15) is 9.18 Å². The number of hydrogen-bond acceptors (Lipinski definition) is 4. The third kappa shape index (κ3) is 2.53. The van der Waals surface area contributed by atoms with Crippen molar-refractivity contribution in [3.8, 4) is 11.5 Å².